The van der Waals surface area contributed by atoms with Crippen molar-refractivity contribution in [3.63, 3.8) is 0 Å². The van der Waals surface area contributed by atoms with Crippen molar-refractivity contribution in [3.05, 3.63) is 22.1 Å². The van der Waals surface area contributed by atoms with Gasteiger partial charge >= 0.3 is 12.0 Å². The van der Waals surface area contributed by atoms with E-state index in [0.717, 1.165) is 0 Å². The average Bonchev–Trinajstić information content (AvgIpc) is 2.94. The van der Waals surface area contributed by atoms with Crippen LogP contribution in [0.2, 0.25) is 0 Å². The molecule has 1 fully saturated rings. The van der Waals surface area contributed by atoms with Gasteiger partial charge in [-0.15, -0.1) is 0 Å². The molecule has 0 aliphatic carbocycles. The molecule has 2 amide bonds. The summed E-state index contributed by atoms with van der Waals surface area (Å²) in [4.78, 5) is 48.7. The third-order valence-corrected chi connectivity index (χ3v) is 2.33. The lowest BCUT2D eigenvalue weighted by molar-refractivity contribution is -0.177. The standard InChI is InChI=1S/C10H9NO8.C2H6/c1-5-6(18-10(15)17-5)4-16-9(14)19-11-7(12)2-3-8(11)13;1-2/h2-4H2,1H3;1-2H3. The van der Waals surface area contributed by atoms with E-state index in [1.54, 1.807) is 0 Å². The Morgan fingerprint density at radius 2 is 1.71 bits per heavy atom. The number of amides is 2. The maximum absolute atomic E-state index is 11.2. The molecule has 2 heterocycles. The predicted octanol–water partition coefficient (Wildman–Crippen LogP) is 1.28. The zero-order valence-electron chi connectivity index (χ0n) is 11.8. The molecular weight excluding hydrogens is 286 g/mol. The van der Waals surface area contributed by atoms with E-state index in [4.69, 9.17) is 0 Å². The van der Waals surface area contributed by atoms with Gasteiger partial charge in [-0.05, 0) is 6.92 Å². The van der Waals surface area contributed by atoms with Crippen LogP contribution in [-0.4, -0.2) is 23.0 Å². The minimum atomic E-state index is -1.26. The highest BCUT2D eigenvalue weighted by atomic mass is 16.8. The van der Waals surface area contributed by atoms with Gasteiger partial charge in [0.25, 0.3) is 11.8 Å². The topological polar surface area (TPSA) is 116 Å². The lowest BCUT2D eigenvalue weighted by Crippen LogP contribution is -2.32. The van der Waals surface area contributed by atoms with Crippen molar-refractivity contribution in [2.75, 3.05) is 0 Å². The fourth-order valence-corrected chi connectivity index (χ4v) is 1.39. The molecule has 0 aromatic carbocycles. The molecular formula is C12H15NO8. The molecule has 0 saturated carbocycles. The van der Waals surface area contributed by atoms with Gasteiger partial charge in [-0.2, -0.15) is 0 Å². The number of hydroxylamine groups is 2. The van der Waals surface area contributed by atoms with Gasteiger partial charge in [0, 0.05) is 12.8 Å². The van der Waals surface area contributed by atoms with Crippen molar-refractivity contribution in [2.45, 2.75) is 40.2 Å². The van der Waals surface area contributed by atoms with Crippen LogP contribution in [0.15, 0.2) is 13.6 Å². The molecule has 1 aromatic rings. The van der Waals surface area contributed by atoms with Crippen molar-refractivity contribution in [3.8, 4) is 0 Å². The molecule has 1 saturated heterocycles. The van der Waals surface area contributed by atoms with Gasteiger partial charge in [0.05, 0.1) is 0 Å². The highest BCUT2D eigenvalue weighted by Crippen LogP contribution is 2.13. The second-order valence-corrected chi connectivity index (χ2v) is 3.65. The van der Waals surface area contributed by atoms with Gasteiger partial charge in [0.2, 0.25) is 0 Å². The van der Waals surface area contributed by atoms with Crippen molar-refractivity contribution < 1.29 is 32.8 Å². The molecule has 9 nitrogen and oxygen atoms in total. The summed E-state index contributed by atoms with van der Waals surface area (Å²) < 4.78 is 13.7. The van der Waals surface area contributed by atoms with Crippen LogP contribution in [0.5, 0.6) is 0 Å². The van der Waals surface area contributed by atoms with Crippen molar-refractivity contribution in [1.82, 2.24) is 5.06 Å². The molecule has 9 heteroatoms. The smallest absolute Gasteiger partial charge is 0.424 e. The average molecular weight is 301 g/mol. The highest BCUT2D eigenvalue weighted by molar-refractivity contribution is 6.01. The van der Waals surface area contributed by atoms with Gasteiger partial charge in [0.15, 0.2) is 18.1 Å². The first-order chi connectivity index (χ1) is 9.97. The number of hydrogen-bond acceptors (Lipinski definition) is 8. The maximum atomic E-state index is 11.2. The van der Waals surface area contributed by atoms with E-state index >= 15 is 0 Å². The van der Waals surface area contributed by atoms with Crippen LogP contribution in [0.3, 0.4) is 0 Å². The Kier molecular flexibility index (Phi) is 5.70. The Morgan fingerprint density at radius 3 is 2.19 bits per heavy atom. The van der Waals surface area contributed by atoms with Crippen LogP contribution in [-0.2, 0) is 25.8 Å². The van der Waals surface area contributed by atoms with Crippen molar-refractivity contribution in [1.29, 1.82) is 0 Å². The normalized spacial score (nSPS) is 13.8. The van der Waals surface area contributed by atoms with Gasteiger partial charge in [-0.25, -0.2) is 9.59 Å². The van der Waals surface area contributed by atoms with Crippen LogP contribution in [0, 0.1) is 6.92 Å². The lowest BCUT2D eigenvalue weighted by Gasteiger charge is -2.11. The molecule has 1 aliphatic rings. The first-order valence-electron chi connectivity index (χ1n) is 6.27. The van der Waals surface area contributed by atoms with Crippen LogP contribution in [0.25, 0.3) is 0 Å². The fraction of sp³-hybridized carbons (Fsp3) is 0.500. The highest BCUT2D eigenvalue weighted by Gasteiger charge is 2.33. The van der Waals surface area contributed by atoms with E-state index in [0.29, 0.717) is 5.06 Å². The van der Waals surface area contributed by atoms with E-state index in [9.17, 15) is 19.2 Å². The Hall–Kier alpha value is -2.58. The minimum absolute atomic E-state index is 0.0121. The Labute approximate surface area is 119 Å². The van der Waals surface area contributed by atoms with Crippen LogP contribution in [0.4, 0.5) is 4.79 Å². The molecule has 116 valence electrons. The van der Waals surface area contributed by atoms with Crippen molar-refractivity contribution >= 4 is 18.0 Å². The SMILES string of the molecule is CC.Cc1oc(=O)oc1COC(=O)ON1C(=O)CCC1=O. The van der Waals surface area contributed by atoms with Gasteiger partial charge in [-0.1, -0.05) is 18.9 Å². The van der Waals surface area contributed by atoms with E-state index in [-0.39, 0.29) is 24.4 Å². The van der Waals surface area contributed by atoms with Gasteiger partial charge < -0.3 is 13.6 Å². The van der Waals surface area contributed by atoms with E-state index < -0.39 is 30.4 Å². The molecule has 2 rings (SSSR count). The summed E-state index contributed by atoms with van der Waals surface area (Å²) >= 11 is 0. The fourth-order valence-electron chi connectivity index (χ4n) is 1.39. The van der Waals surface area contributed by atoms with Gasteiger partial charge in [-0.3, -0.25) is 14.4 Å². The number of hydrogen-bond donors (Lipinski definition) is 0. The quantitative estimate of drug-likeness (QED) is 0.605. The Morgan fingerprint density at radius 1 is 1.14 bits per heavy atom. The van der Waals surface area contributed by atoms with Crippen LogP contribution < -0.4 is 5.82 Å². The third kappa shape index (κ3) is 4.20. The van der Waals surface area contributed by atoms with Crippen LogP contribution in [0.1, 0.15) is 38.2 Å². The molecule has 0 N–H and O–H groups in total. The molecule has 0 unspecified atom stereocenters. The second kappa shape index (κ2) is 7.27. The summed E-state index contributed by atoms with van der Waals surface area (Å²) in [5, 5.41) is 0.348. The first-order valence-corrected chi connectivity index (χ1v) is 6.27. The number of ether oxygens (including phenoxy) is 1. The molecule has 0 bridgehead atoms. The summed E-state index contributed by atoms with van der Waals surface area (Å²) in [5.41, 5.74) is 0. The summed E-state index contributed by atoms with van der Waals surface area (Å²) in [6, 6.07) is 0. The number of nitrogens with zero attached hydrogens (tertiary/aromatic N) is 1. The largest absolute Gasteiger partial charge is 0.534 e. The van der Waals surface area contributed by atoms with E-state index in [1.807, 2.05) is 13.8 Å². The van der Waals surface area contributed by atoms with E-state index in [2.05, 4.69) is 18.4 Å². The predicted molar refractivity (Wildman–Crippen MR) is 65.7 cm³/mol. The zero-order valence-corrected chi connectivity index (χ0v) is 11.8. The van der Waals surface area contributed by atoms with Crippen LogP contribution >= 0.6 is 0 Å². The molecule has 21 heavy (non-hydrogen) atoms. The summed E-state index contributed by atoms with van der Waals surface area (Å²) in [7, 11) is 0. The molecule has 0 radical (unpaired) electrons. The van der Waals surface area contributed by atoms with E-state index in [1.165, 1.54) is 6.92 Å². The molecule has 0 atom stereocenters. The first kappa shape index (κ1) is 16.5. The van der Waals surface area contributed by atoms with Gasteiger partial charge in [0.1, 0.15) is 0 Å². The number of carbonyl (C=O) groups excluding carboxylic acids is 3. The number of imide groups is 1. The number of aryl methyl sites for hydroxylation is 1. The number of carbonyl (C=O) groups is 3. The zero-order chi connectivity index (χ0) is 16.0. The minimum Gasteiger partial charge on any atom is -0.424 e. The molecule has 1 aromatic heterocycles. The molecule has 0 spiro atoms. The lowest BCUT2D eigenvalue weighted by atomic mass is 10.4. The Balaban J connectivity index is 0.00000106. The third-order valence-electron chi connectivity index (χ3n) is 2.33. The second-order valence-electron chi connectivity index (χ2n) is 3.65. The molecule has 1 aliphatic heterocycles. The summed E-state index contributed by atoms with van der Waals surface area (Å²) in [6.45, 7) is 5.04. The maximum Gasteiger partial charge on any atom is 0.534 e. The monoisotopic (exact) mass is 301 g/mol. The summed E-state index contributed by atoms with van der Waals surface area (Å²) in [5.74, 6) is -1.98. The van der Waals surface area contributed by atoms with Crippen molar-refractivity contribution in [2.24, 2.45) is 0 Å². The number of rotatable bonds is 3. The summed E-state index contributed by atoms with van der Waals surface area (Å²) in [6.07, 6.45) is -1.28. The Bertz CT molecular complexity index is 568.